The van der Waals surface area contributed by atoms with Gasteiger partial charge < -0.3 is 5.11 Å². The van der Waals surface area contributed by atoms with E-state index in [9.17, 15) is 5.11 Å². The van der Waals surface area contributed by atoms with Crippen LogP contribution in [0.2, 0.25) is 0 Å². The third-order valence-electron chi connectivity index (χ3n) is 2.59. The van der Waals surface area contributed by atoms with Crippen molar-refractivity contribution in [2.45, 2.75) is 39.8 Å². The van der Waals surface area contributed by atoms with E-state index in [0.717, 1.165) is 12.1 Å². The minimum Gasteiger partial charge on any atom is -0.391 e. The SMILES string of the molecule is CCC(C)C(O)Cn1nccc1C. The summed E-state index contributed by atoms with van der Waals surface area (Å²) in [4.78, 5) is 0. The quantitative estimate of drug-likeness (QED) is 0.768. The summed E-state index contributed by atoms with van der Waals surface area (Å²) in [6.45, 7) is 6.75. The summed E-state index contributed by atoms with van der Waals surface area (Å²) in [5.41, 5.74) is 1.10. The molecule has 2 atom stereocenters. The Labute approximate surface area is 79.4 Å². The van der Waals surface area contributed by atoms with Gasteiger partial charge in [0.15, 0.2) is 0 Å². The number of aromatic nitrogens is 2. The molecule has 0 saturated carbocycles. The molecule has 3 heteroatoms. The second-order valence-electron chi connectivity index (χ2n) is 3.61. The first kappa shape index (κ1) is 10.3. The Hall–Kier alpha value is -0.830. The zero-order chi connectivity index (χ0) is 9.84. The lowest BCUT2D eigenvalue weighted by Gasteiger charge is -2.17. The van der Waals surface area contributed by atoms with Crippen molar-refractivity contribution in [3.05, 3.63) is 18.0 Å². The Morgan fingerprint density at radius 2 is 2.31 bits per heavy atom. The molecule has 2 unspecified atom stereocenters. The minimum absolute atomic E-state index is 0.288. The van der Waals surface area contributed by atoms with Crippen LogP contribution in [0.15, 0.2) is 12.3 Å². The molecule has 0 saturated heterocycles. The van der Waals surface area contributed by atoms with Gasteiger partial charge in [0.25, 0.3) is 0 Å². The van der Waals surface area contributed by atoms with Crippen LogP contribution in [0.3, 0.4) is 0 Å². The molecular formula is C10H18N2O. The lowest BCUT2D eigenvalue weighted by molar-refractivity contribution is 0.0922. The van der Waals surface area contributed by atoms with Gasteiger partial charge in [-0.25, -0.2) is 0 Å². The largest absolute Gasteiger partial charge is 0.391 e. The van der Waals surface area contributed by atoms with E-state index in [1.54, 1.807) is 6.20 Å². The van der Waals surface area contributed by atoms with E-state index in [1.807, 2.05) is 17.7 Å². The van der Waals surface area contributed by atoms with Crippen LogP contribution in [0, 0.1) is 12.8 Å². The maximum absolute atomic E-state index is 9.75. The first-order valence-corrected chi connectivity index (χ1v) is 4.81. The van der Waals surface area contributed by atoms with Crippen molar-refractivity contribution >= 4 is 0 Å². The highest BCUT2D eigenvalue weighted by molar-refractivity contribution is 4.96. The van der Waals surface area contributed by atoms with Crippen molar-refractivity contribution in [1.29, 1.82) is 0 Å². The molecule has 0 aliphatic heterocycles. The summed E-state index contributed by atoms with van der Waals surface area (Å²) in [5, 5.41) is 13.9. The van der Waals surface area contributed by atoms with Crippen LogP contribution in [0.1, 0.15) is 26.0 Å². The van der Waals surface area contributed by atoms with Crippen LogP contribution in [-0.4, -0.2) is 21.0 Å². The number of hydrogen-bond acceptors (Lipinski definition) is 2. The highest BCUT2D eigenvalue weighted by Crippen LogP contribution is 2.10. The summed E-state index contributed by atoms with van der Waals surface area (Å²) in [7, 11) is 0. The van der Waals surface area contributed by atoms with Crippen LogP contribution in [-0.2, 0) is 6.54 Å². The Morgan fingerprint density at radius 3 is 2.77 bits per heavy atom. The van der Waals surface area contributed by atoms with Crippen LogP contribution in [0.4, 0.5) is 0 Å². The van der Waals surface area contributed by atoms with Crippen molar-refractivity contribution in [1.82, 2.24) is 9.78 Å². The minimum atomic E-state index is -0.288. The second-order valence-corrected chi connectivity index (χ2v) is 3.61. The normalized spacial score (nSPS) is 15.7. The summed E-state index contributed by atoms with van der Waals surface area (Å²) in [5.74, 6) is 0.337. The van der Waals surface area contributed by atoms with Gasteiger partial charge in [-0.3, -0.25) is 4.68 Å². The van der Waals surface area contributed by atoms with Gasteiger partial charge in [0.1, 0.15) is 0 Å². The summed E-state index contributed by atoms with van der Waals surface area (Å²) in [6.07, 6.45) is 2.48. The first-order valence-electron chi connectivity index (χ1n) is 4.81. The van der Waals surface area contributed by atoms with E-state index in [4.69, 9.17) is 0 Å². The van der Waals surface area contributed by atoms with Gasteiger partial charge >= 0.3 is 0 Å². The monoisotopic (exact) mass is 182 g/mol. The molecule has 0 spiro atoms. The number of aliphatic hydroxyl groups excluding tert-OH is 1. The number of nitrogens with zero attached hydrogens (tertiary/aromatic N) is 2. The fraction of sp³-hybridized carbons (Fsp3) is 0.700. The number of hydrogen-bond donors (Lipinski definition) is 1. The second kappa shape index (κ2) is 4.42. The van der Waals surface area contributed by atoms with Crippen molar-refractivity contribution in [2.24, 2.45) is 5.92 Å². The molecule has 3 nitrogen and oxygen atoms in total. The molecule has 0 amide bonds. The molecule has 1 aromatic rings. The molecular weight excluding hydrogens is 164 g/mol. The average Bonchev–Trinajstić information content (AvgIpc) is 2.50. The molecule has 1 aromatic heterocycles. The highest BCUT2D eigenvalue weighted by Gasteiger charge is 2.13. The predicted octanol–water partition coefficient (Wildman–Crippen LogP) is 1.60. The molecule has 0 aliphatic carbocycles. The van der Waals surface area contributed by atoms with Gasteiger partial charge in [-0.05, 0) is 18.9 Å². The predicted molar refractivity (Wildman–Crippen MR) is 52.4 cm³/mol. The standard InChI is InChI=1S/C10H18N2O/c1-4-8(2)10(13)7-12-9(3)5-6-11-12/h5-6,8,10,13H,4,7H2,1-3H3. The van der Waals surface area contributed by atoms with E-state index in [-0.39, 0.29) is 6.10 Å². The number of rotatable bonds is 4. The molecule has 1 N–H and O–H groups in total. The fourth-order valence-electron chi connectivity index (χ4n) is 1.22. The summed E-state index contributed by atoms with van der Waals surface area (Å²) >= 11 is 0. The van der Waals surface area contributed by atoms with Crippen molar-refractivity contribution in [3.63, 3.8) is 0 Å². The van der Waals surface area contributed by atoms with Gasteiger partial charge in [0, 0.05) is 11.9 Å². The molecule has 0 bridgehead atoms. The van der Waals surface area contributed by atoms with E-state index in [2.05, 4.69) is 18.9 Å². The first-order chi connectivity index (χ1) is 6.15. The van der Waals surface area contributed by atoms with Crippen LogP contribution in [0.25, 0.3) is 0 Å². The molecule has 0 aromatic carbocycles. The van der Waals surface area contributed by atoms with Crippen molar-refractivity contribution < 1.29 is 5.11 Å². The molecule has 13 heavy (non-hydrogen) atoms. The Morgan fingerprint density at radius 1 is 1.62 bits per heavy atom. The molecule has 0 radical (unpaired) electrons. The Balaban J connectivity index is 2.54. The van der Waals surface area contributed by atoms with Crippen LogP contribution in [0.5, 0.6) is 0 Å². The molecule has 0 fully saturated rings. The van der Waals surface area contributed by atoms with Crippen molar-refractivity contribution in [3.8, 4) is 0 Å². The zero-order valence-electron chi connectivity index (χ0n) is 8.57. The smallest absolute Gasteiger partial charge is 0.0761 e. The average molecular weight is 182 g/mol. The maximum atomic E-state index is 9.75. The topological polar surface area (TPSA) is 38.0 Å². The number of aryl methyl sites for hydroxylation is 1. The lowest BCUT2D eigenvalue weighted by Crippen LogP contribution is -2.24. The van der Waals surface area contributed by atoms with Crippen LogP contribution < -0.4 is 0 Å². The Kier molecular flexibility index (Phi) is 3.48. The lowest BCUT2D eigenvalue weighted by atomic mass is 10.0. The molecule has 74 valence electrons. The maximum Gasteiger partial charge on any atom is 0.0761 e. The zero-order valence-corrected chi connectivity index (χ0v) is 8.57. The van der Waals surface area contributed by atoms with Gasteiger partial charge in [-0.2, -0.15) is 5.10 Å². The molecule has 1 heterocycles. The third kappa shape index (κ3) is 2.56. The van der Waals surface area contributed by atoms with Crippen molar-refractivity contribution in [2.75, 3.05) is 0 Å². The summed E-state index contributed by atoms with van der Waals surface area (Å²) in [6, 6.07) is 1.95. The van der Waals surface area contributed by atoms with E-state index < -0.39 is 0 Å². The number of aliphatic hydroxyl groups is 1. The Bertz CT molecular complexity index is 257. The van der Waals surface area contributed by atoms with Gasteiger partial charge in [-0.1, -0.05) is 20.3 Å². The van der Waals surface area contributed by atoms with E-state index in [0.29, 0.717) is 12.5 Å². The van der Waals surface area contributed by atoms with E-state index >= 15 is 0 Å². The third-order valence-corrected chi connectivity index (χ3v) is 2.59. The fourth-order valence-corrected chi connectivity index (χ4v) is 1.22. The van der Waals surface area contributed by atoms with Gasteiger partial charge in [0.2, 0.25) is 0 Å². The molecule has 1 rings (SSSR count). The van der Waals surface area contributed by atoms with Gasteiger partial charge in [-0.15, -0.1) is 0 Å². The van der Waals surface area contributed by atoms with Crippen LogP contribution >= 0.6 is 0 Å². The molecule has 0 aliphatic rings. The highest BCUT2D eigenvalue weighted by atomic mass is 16.3. The van der Waals surface area contributed by atoms with Gasteiger partial charge in [0.05, 0.1) is 12.6 Å². The van der Waals surface area contributed by atoms with E-state index in [1.165, 1.54) is 0 Å². The summed E-state index contributed by atoms with van der Waals surface area (Å²) < 4.78 is 1.84.